The van der Waals surface area contributed by atoms with Gasteiger partial charge in [0.2, 0.25) is 0 Å². The van der Waals surface area contributed by atoms with Crippen molar-refractivity contribution in [2.45, 2.75) is 51.5 Å². The summed E-state index contributed by atoms with van der Waals surface area (Å²) in [5, 5.41) is 0. The minimum Gasteiger partial charge on any atom is -0.327 e. The van der Waals surface area contributed by atoms with Gasteiger partial charge in [0.05, 0.1) is 5.75 Å². The summed E-state index contributed by atoms with van der Waals surface area (Å²) >= 11 is 0. The van der Waals surface area contributed by atoms with Gasteiger partial charge in [0, 0.05) is 6.04 Å². The van der Waals surface area contributed by atoms with Crippen LogP contribution in [0.5, 0.6) is 0 Å². The molecule has 0 saturated heterocycles. The molecule has 4 aliphatic rings. The summed E-state index contributed by atoms with van der Waals surface area (Å²) in [4.78, 5) is 0. The number of hydrogen-bond donors (Lipinski definition) is 2. The van der Waals surface area contributed by atoms with Crippen molar-refractivity contribution in [3.63, 3.8) is 0 Å². The van der Waals surface area contributed by atoms with E-state index in [1.165, 1.54) is 38.5 Å². The highest BCUT2D eigenvalue weighted by atomic mass is 32.2. The first-order valence-electron chi connectivity index (χ1n) is 7.48. The highest BCUT2D eigenvalue weighted by Crippen LogP contribution is 2.61. The molecule has 0 heterocycles. The highest BCUT2D eigenvalue weighted by molar-refractivity contribution is 7.85. The van der Waals surface area contributed by atoms with Crippen molar-refractivity contribution in [1.29, 1.82) is 0 Å². The van der Waals surface area contributed by atoms with E-state index in [1.54, 1.807) is 0 Å². The molecule has 0 aromatic carbocycles. The van der Waals surface area contributed by atoms with Gasteiger partial charge in [-0.1, -0.05) is 6.92 Å². The number of rotatable bonds is 4. The third-order valence-corrected chi connectivity index (χ3v) is 6.83. The van der Waals surface area contributed by atoms with Crippen LogP contribution in [-0.4, -0.2) is 24.8 Å². The molecule has 2 unspecified atom stereocenters. The fraction of sp³-hybridized carbons (Fsp3) is 1.00. The molecule has 0 aromatic rings. The lowest BCUT2D eigenvalue weighted by Crippen LogP contribution is -2.57. The molecule has 0 aliphatic heterocycles. The van der Waals surface area contributed by atoms with Crippen LogP contribution in [0, 0.1) is 29.1 Å². The normalized spacial score (nSPS) is 44.3. The van der Waals surface area contributed by atoms with Crippen LogP contribution in [0.2, 0.25) is 0 Å². The molecule has 19 heavy (non-hydrogen) atoms. The van der Waals surface area contributed by atoms with Crippen LogP contribution < -0.4 is 5.73 Å². The van der Waals surface area contributed by atoms with Gasteiger partial charge in [-0.05, 0) is 67.6 Å². The number of hydrogen-bond acceptors (Lipinski definition) is 3. The molecule has 4 saturated carbocycles. The van der Waals surface area contributed by atoms with Crippen molar-refractivity contribution in [1.82, 2.24) is 0 Å². The van der Waals surface area contributed by atoms with E-state index >= 15 is 0 Å². The van der Waals surface area contributed by atoms with Crippen LogP contribution in [0.25, 0.3) is 0 Å². The molecule has 4 bridgehead atoms. The standard InChI is InChI=1S/C14H25NO3S/c1-9(8-19(16,17)18)13(15)14-5-10-2-11(6-14)4-12(3-10)7-14/h9-13H,2-8,15H2,1H3,(H,16,17,18). The second-order valence-corrected chi connectivity index (χ2v) is 9.03. The lowest BCUT2D eigenvalue weighted by molar-refractivity contribution is -0.0742. The average Bonchev–Trinajstić information content (AvgIpc) is 2.23. The first-order chi connectivity index (χ1) is 8.77. The van der Waals surface area contributed by atoms with E-state index in [4.69, 9.17) is 10.3 Å². The van der Waals surface area contributed by atoms with E-state index in [0.717, 1.165) is 17.8 Å². The van der Waals surface area contributed by atoms with Crippen molar-refractivity contribution >= 4 is 10.1 Å². The maximum Gasteiger partial charge on any atom is 0.265 e. The third-order valence-electron chi connectivity index (χ3n) is 5.88. The molecule has 4 fully saturated rings. The van der Waals surface area contributed by atoms with Gasteiger partial charge < -0.3 is 5.73 Å². The largest absolute Gasteiger partial charge is 0.327 e. The summed E-state index contributed by atoms with van der Waals surface area (Å²) in [7, 11) is -3.92. The quantitative estimate of drug-likeness (QED) is 0.776. The zero-order chi connectivity index (χ0) is 13.8. The number of nitrogens with two attached hydrogens (primary N) is 1. The smallest absolute Gasteiger partial charge is 0.265 e. The monoisotopic (exact) mass is 287 g/mol. The first kappa shape index (κ1) is 13.8. The molecular formula is C14H25NO3S. The molecular weight excluding hydrogens is 262 g/mol. The Kier molecular flexibility index (Phi) is 3.23. The SMILES string of the molecule is CC(CS(=O)(=O)O)C(N)C12CC3CC(CC(C3)C1)C2. The maximum atomic E-state index is 11.1. The molecule has 110 valence electrons. The van der Waals surface area contributed by atoms with Crippen LogP contribution in [0.1, 0.15) is 45.4 Å². The van der Waals surface area contributed by atoms with Crippen molar-refractivity contribution in [3.8, 4) is 0 Å². The summed E-state index contributed by atoms with van der Waals surface area (Å²) in [5.41, 5.74) is 6.60. The molecule has 5 heteroatoms. The second-order valence-electron chi connectivity index (χ2n) is 7.53. The molecule has 2 atom stereocenters. The van der Waals surface area contributed by atoms with Gasteiger partial charge in [-0.3, -0.25) is 4.55 Å². The van der Waals surface area contributed by atoms with Crippen LogP contribution in [-0.2, 0) is 10.1 Å². The molecule has 0 amide bonds. The maximum absolute atomic E-state index is 11.1. The van der Waals surface area contributed by atoms with Gasteiger partial charge >= 0.3 is 0 Å². The van der Waals surface area contributed by atoms with Crippen molar-refractivity contribution < 1.29 is 13.0 Å². The summed E-state index contributed by atoms with van der Waals surface area (Å²) in [6, 6.07) is -0.0946. The van der Waals surface area contributed by atoms with Crippen molar-refractivity contribution in [2.75, 3.05) is 5.75 Å². The van der Waals surface area contributed by atoms with Gasteiger partial charge in [-0.25, -0.2) is 0 Å². The molecule has 0 spiro atoms. The van der Waals surface area contributed by atoms with E-state index in [-0.39, 0.29) is 23.1 Å². The van der Waals surface area contributed by atoms with Gasteiger partial charge in [0.1, 0.15) is 0 Å². The lowest BCUT2D eigenvalue weighted by Gasteiger charge is -2.59. The van der Waals surface area contributed by atoms with Crippen molar-refractivity contribution in [3.05, 3.63) is 0 Å². The Morgan fingerprint density at radius 3 is 1.95 bits per heavy atom. The molecule has 0 radical (unpaired) electrons. The Morgan fingerprint density at radius 2 is 1.58 bits per heavy atom. The summed E-state index contributed by atoms with van der Waals surface area (Å²) in [5.74, 6) is 2.09. The Labute approximate surface area is 115 Å². The Hall–Kier alpha value is -0.130. The zero-order valence-electron chi connectivity index (χ0n) is 11.6. The zero-order valence-corrected chi connectivity index (χ0v) is 12.4. The Balaban J connectivity index is 1.77. The van der Waals surface area contributed by atoms with E-state index in [2.05, 4.69) is 0 Å². The lowest BCUT2D eigenvalue weighted by atomic mass is 9.47. The van der Waals surface area contributed by atoms with Crippen LogP contribution in [0.4, 0.5) is 0 Å². The van der Waals surface area contributed by atoms with Crippen molar-refractivity contribution in [2.24, 2.45) is 34.8 Å². The Bertz CT molecular complexity index is 424. The van der Waals surface area contributed by atoms with Crippen LogP contribution in [0.3, 0.4) is 0 Å². The second kappa shape index (κ2) is 4.43. The predicted octanol–water partition coefficient (Wildman–Crippen LogP) is 2.05. The summed E-state index contributed by atoms with van der Waals surface area (Å²) in [6.07, 6.45) is 7.61. The van der Waals surface area contributed by atoms with Gasteiger partial charge in [0.15, 0.2) is 0 Å². The van der Waals surface area contributed by atoms with E-state index in [1.807, 2.05) is 6.92 Å². The first-order valence-corrected chi connectivity index (χ1v) is 9.09. The third kappa shape index (κ3) is 2.57. The summed E-state index contributed by atoms with van der Waals surface area (Å²) in [6.45, 7) is 1.87. The predicted molar refractivity (Wildman–Crippen MR) is 74.2 cm³/mol. The topological polar surface area (TPSA) is 80.4 Å². The minimum atomic E-state index is -3.92. The van der Waals surface area contributed by atoms with E-state index in [9.17, 15) is 8.42 Å². The fourth-order valence-electron chi connectivity index (χ4n) is 5.63. The minimum absolute atomic E-state index is 0.0946. The molecule has 4 aliphatic carbocycles. The molecule has 3 N–H and O–H groups in total. The molecule has 4 rings (SSSR count). The van der Waals surface area contributed by atoms with Gasteiger partial charge in [-0.2, -0.15) is 8.42 Å². The Morgan fingerprint density at radius 1 is 1.16 bits per heavy atom. The fourth-order valence-corrected chi connectivity index (χ4v) is 6.50. The van der Waals surface area contributed by atoms with Crippen LogP contribution >= 0.6 is 0 Å². The van der Waals surface area contributed by atoms with Crippen LogP contribution in [0.15, 0.2) is 0 Å². The van der Waals surface area contributed by atoms with E-state index in [0.29, 0.717) is 0 Å². The molecule has 4 nitrogen and oxygen atoms in total. The highest BCUT2D eigenvalue weighted by Gasteiger charge is 2.54. The van der Waals surface area contributed by atoms with E-state index < -0.39 is 10.1 Å². The average molecular weight is 287 g/mol. The summed E-state index contributed by atoms with van der Waals surface area (Å²) < 4.78 is 31.2. The van der Waals surface area contributed by atoms with Gasteiger partial charge in [-0.15, -0.1) is 0 Å². The molecule has 0 aromatic heterocycles. The van der Waals surface area contributed by atoms with Gasteiger partial charge in [0.25, 0.3) is 10.1 Å².